The van der Waals surface area contributed by atoms with Gasteiger partial charge in [0.05, 0.1) is 7.11 Å². The predicted octanol–water partition coefficient (Wildman–Crippen LogP) is 2.34. The van der Waals surface area contributed by atoms with E-state index in [0.29, 0.717) is 0 Å². The minimum Gasteiger partial charge on any atom is -0.504 e. The first-order valence-electron chi connectivity index (χ1n) is 5.91. The first-order chi connectivity index (χ1) is 9.16. The van der Waals surface area contributed by atoms with Crippen molar-refractivity contribution in [3.8, 4) is 0 Å². The molecule has 4 heteroatoms. The van der Waals surface area contributed by atoms with Crippen molar-refractivity contribution in [3.05, 3.63) is 59.6 Å². The number of ether oxygens (including phenoxy) is 2. The molecule has 19 heavy (non-hydrogen) atoms. The van der Waals surface area contributed by atoms with Gasteiger partial charge in [0, 0.05) is 19.1 Å². The largest absolute Gasteiger partial charge is 0.504 e. The predicted molar refractivity (Wildman–Crippen MR) is 70.8 cm³/mol. The van der Waals surface area contributed by atoms with Gasteiger partial charge in [-0.2, -0.15) is 0 Å². The quantitative estimate of drug-likeness (QED) is 0.844. The number of rotatable bonds is 4. The summed E-state index contributed by atoms with van der Waals surface area (Å²) in [6.45, 7) is 0. The first-order valence-corrected chi connectivity index (χ1v) is 5.91. The van der Waals surface area contributed by atoms with Crippen molar-refractivity contribution in [2.75, 3.05) is 14.2 Å². The highest BCUT2D eigenvalue weighted by molar-refractivity contribution is 5.71. The Morgan fingerprint density at radius 2 is 1.95 bits per heavy atom. The lowest BCUT2D eigenvalue weighted by atomic mass is 9.79. The number of hydrogen-bond donors (Lipinski definition) is 1. The maximum absolute atomic E-state index is 11.5. The normalized spacial score (nSPS) is 26.3. The molecule has 0 aromatic heterocycles. The van der Waals surface area contributed by atoms with Crippen molar-refractivity contribution in [1.29, 1.82) is 0 Å². The first kappa shape index (κ1) is 13.4. The Morgan fingerprint density at radius 1 is 1.26 bits per heavy atom. The molecule has 2 unspecified atom stereocenters. The molecule has 0 spiro atoms. The second kappa shape index (κ2) is 5.28. The van der Waals surface area contributed by atoms with Gasteiger partial charge in [-0.15, -0.1) is 0 Å². The summed E-state index contributed by atoms with van der Waals surface area (Å²) >= 11 is 0. The fourth-order valence-corrected chi connectivity index (χ4v) is 2.26. The summed E-state index contributed by atoms with van der Waals surface area (Å²) in [5, 5.41) is 9.92. The Labute approximate surface area is 112 Å². The molecule has 100 valence electrons. The van der Waals surface area contributed by atoms with E-state index in [1.165, 1.54) is 20.3 Å². The minimum absolute atomic E-state index is 0.00544. The third-order valence-corrected chi connectivity index (χ3v) is 3.34. The van der Waals surface area contributed by atoms with Crippen LogP contribution in [0, 0.1) is 0 Å². The van der Waals surface area contributed by atoms with Crippen LogP contribution in [0.4, 0.5) is 0 Å². The van der Waals surface area contributed by atoms with E-state index in [-0.39, 0.29) is 11.5 Å². The summed E-state index contributed by atoms with van der Waals surface area (Å²) in [6.07, 6.45) is 3.81. The fourth-order valence-electron chi connectivity index (χ4n) is 2.26. The van der Waals surface area contributed by atoms with Gasteiger partial charge in [0.25, 0.3) is 0 Å². The van der Waals surface area contributed by atoms with Crippen LogP contribution in [0.15, 0.2) is 54.0 Å². The zero-order chi connectivity index (χ0) is 13.9. The zero-order valence-electron chi connectivity index (χ0n) is 10.9. The van der Waals surface area contributed by atoms with Crippen molar-refractivity contribution < 1.29 is 19.4 Å². The summed E-state index contributed by atoms with van der Waals surface area (Å²) in [5.41, 5.74) is -0.284. The summed E-state index contributed by atoms with van der Waals surface area (Å²) < 4.78 is 10.4. The SMILES string of the molecule is COC1=CC(C=O)(OC)C(c2ccccc2)C=C1O. The van der Waals surface area contributed by atoms with Crippen LogP contribution in [-0.4, -0.2) is 31.2 Å². The Bertz CT molecular complexity index is 518. The molecular formula is C15H16O4. The number of aliphatic hydroxyl groups excluding tert-OH is 1. The molecule has 1 aromatic rings. The second-order valence-electron chi connectivity index (χ2n) is 4.33. The van der Waals surface area contributed by atoms with Crippen LogP contribution in [0.5, 0.6) is 0 Å². The summed E-state index contributed by atoms with van der Waals surface area (Å²) in [6, 6.07) is 9.42. The number of carbonyl (C=O) groups is 1. The molecule has 0 heterocycles. The molecule has 4 nitrogen and oxygen atoms in total. The number of aldehydes is 1. The van der Waals surface area contributed by atoms with E-state index in [1.54, 1.807) is 6.08 Å². The molecule has 0 fully saturated rings. The van der Waals surface area contributed by atoms with Crippen LogP contribution in [0.25, 0.3) is 0 Å². The van der Waals surface area contributed by atoms with E-state index in [1.807, 2.05) is 30.3 Å². The Balaban J connectivity index is 2.53. The Hall–Kier alpha value is -2.07. The minimum atomic E-state index is -1.17. The third kappa shape index (κ3) is 2.27. The molecule has 2 rings (SSSR count). The van der Waals surface area contributed by atoms with Crippen molar-refractivity contribution >= 4 is 6.29 Å². The highest BCUT2D eigenvalue weighted by atomic mass is 16.5. The van der Waals surface area contributed by atoms with Gasteiger partial charge in [0.1, 0.15) is 0 Å². The molecule has 1 aliphatic carbocycles. The molecule has 0 amide bonds. The molecule has 0 aliphatic heterocycles. The number of hydrogen-bond acceptors (Lipinski definition) is 4. The molecule has 2 atom stereocenters. The average molecular weight is 260 g/mol. The molecule has 1 aliphatic rings. The van der Waals surface area contributed by atoms with Crippen LogP contribution >= 0.6 is 0 Å². The van der Waals surface area contributed by atoms with Gasteiger partial charge in [-0.3, -0.25) is 4.79 Å². The van der Waals surface area contributed by atoms with Crippen molar-refractivity contribution in [3.63, 3.8) is 0 Å². The Kier molecular flexibility index (Phi) is 3.71. The molecule has 0 bridgehead atoms. The lowest BCUT2D eigenvalue weighted by Gasteiger charge is -2.34. The number of carbonyl (C=O) groups excluding carboxylic acids is 1. The fraction of sp³-hybridized carbons (Fsp3) is 0.267. The lowest BCUT2D eigenvalue weighted by molar-refractivity contribution is -0.124. The number of aliphatic hydroxyl groups is 1. The summed E-state index contributed by atoms with van der Waals surface area (Å²) in [4.78, 5) is 11.5. The van der Waals surface area contributed by atoms with Gasteiger partial charge < -0.3 is 14.6 Å². The summed E-state index contributed by atoms with van der Waals surface area (Å²) in [7, 11) is 2.90. The molecule has 1 N–H and O–H groups in total. The van der Waals surface area contributed by atoms with Gasteiger partial charge in [-0.1, -0.05) is 30.3 Å². The highest BCUT2D eigenvalue weighted by Gasteiger charge is 2.41. The molecular weight excluding hydrogens is 244 g/mol. The third-order valence-electron chi connectivity index (χ3n) is 3.34. The maximum atomic E-state index is 11.5. The van der Waals surface area contributed by atoms with Crippen molar-refractivity contribution in [1.82, 2.24) is 0 Å². The Morgan fingerprint density at radius 3 is 2.47 bits per heavy atom. The van der Waals surface area contributed by atoms with Crippen LogP contribution in [0.2, 0.25) is 0 Å². The molecule has 0 radical (unpaired) electrons. The van der Waals surface area contributed by atoms with Crippen LogP contribution in [-0.2, 0) is 14.3 Å². The number of benzene rings is 1. The van der Waals surface area contributed by atoms with Gasteiger partial charge in [0.15, 0.2) is 23.4 Å². The molecule has 0 saturated carbocycles. The van der Waals surface area contributed by atoms with E-state index in [9.17, 15) is 9.90 Å². The standard InChI is InChI=1S/C15H16O4/c1-18-14-9-15(10-16,19-2)12(8-13(14)17)11-6-4-3-5-7-11/h3-10,12,17H,1-2H3. The van der Waals surface area contributed by atoms with E-state index in [2.05, 4.69) is 0 Å². The zero-order valence-corrected chi connectivity index (χ0v) is 10.9. The maximum Gasteiger partial charge on any atom is 0.159 e. The monoisotopic (exact) mass is 260 g/mol. The van der Waals surface area contributed by atoms with Crippen LogP contribution in [0.3, 0.4) is 0 Å². The van der Waals surface area contributed by atoms with Gasteiger partial charge in [-0.25, -0.2) is 0 Å². The second-order valence-corrected chi connectivity index (χ2v) is 4.33. The lowest BCUT2D eigenvalue weighted by Crippen LogP contribution is -2.40. The van der Waals surface area contributed by atoms with Gasteiger partial charge >= 0.3 is 0 Å². The topological polar surface area (TPSA) is 55.8 Å². The summed E-state index contributed by atoms with van der Waals surface area (Å²) in [5.74, 6) is -0.151. The van der Waals surface area contributed by atoms with E-state index < -0.39 is 11.5 Å². The van der Waals surface area contributed by atoms with Gasteiger partial charge in [-0.05, 0) is 11.6 Å². The van der Waals surface area contributed by atoms with Crippen molar-refractivity contribution in [2.24, 2.45) is 0 Å². The smallest absolute Gasteiger partial charge is 0.159 e. The van der Waals surface area contributed by atoms with Gasteiger partial charge in [0.2, 0.25) is 0 Å². The van der Waals surface area contributed by atoms with E-state index in [4.69, 9.17) is 9.47 Å². The van der Waals surface area contributed by atoms with E-state index in [0.717, 1.165) is 11.8 Å². The van der Waals surface area contributed by atoms with Crippen molar-refractivity contribution in [2.45, 2.75) is 11.5 Å². The number of methoxy groups -OCH3 is 2. The van der Waals surface area contributed by atoms with E-state index >= 15 is 0 Å². The highest BCUT2D eigenvalue weighted by Crippen LogP contribution is 2.38. The molecule has 1 aromatic carbocycles. The average Bonchev–Trinajstić information content (AvgIpc) is 2.48. The van der Waals surface area contributed by atoms with Crippen LogP contribution in [0.1, 0.15) is 11.5 Å². The van der Waals surface area contributed by atoms with Crippen LogP contribution < -0.4 is 0 Å². The molecule has 0 saturated heterocycles.